The van der Waals surface area contributed by atoms with Crippen LogP contribution < -0.4 is 0 Å². The topological polar surface area (TPSA) is 171 Å². The van der Waals surface area contributed by atoms with Crippen LogP contribution in [0.25, 0.3) is 0 Å². The van der Waals surface area contributed by atoms with Crippen molar-refractivity contribution in [2.75, 3.05) is 13.2 Å². The smallest absolute Gasteiger partial charge is 0.334 e. The molecule has 0 amide bonds. The van der Waals surface area contributed by atoms with E-state index >= 15 is 0 Å². The first-order valence-corrected chi connectivity index (χ1v) is 19.5. The molecule has 11 heteroatoms. The third-order valence-electron chi connectivity index (χ3n) is 9.25. The van der Waals surface area contributed by atoms with Gasteiger partial charge in [-0.05, 0) is 92.7 Å². The van der Waals surface area contributed by atoms with Gasteiger partial charge in [0.05, 0.1) is 24.7 Å². The fourth-order valence-electron chi connectivity index (χ4n) is 6.58. The van der Waals surface area contributed by atoms with Crippen LogP contribution in [0.1, 0.15) is 115 Å². The number of unbranched alkanes of at least 4 members (excludes halogenated alkanes) is 3. The fourth-order valence-corrected chi connectivity index (χ4v) is 7.10. The van der Waals surface area contributed by atoms with Crippen LogP contribution in [0.15, 0.2) is 54.6 Å². The van der Waals surface area contributed by atoms with Gasteiger partial charge in [-0.3, -0.25) is 0 Å². The Hall–Kier alpha value is -1.84. The van der Waals surface area contributed by atoms with Gasteiger partial charge < -0.3 is 40.0 Å². The van der Waals surface area contributed by atoms with Gasteiger partial charge >= 0.3 is 17.2 Å². The van der Waals surface area contributed by atoms with Gasteiger partial charge in [-0.15, -0.1) is 0 Å². The van der Waals surface area contributed by atoms with Crippen molar-refractivity contribution in [2.24, 2.45) is 5.41 Å². The van der Waals surface area contributed by atoms with E-state index in [1.807, 2.05) is 57.2 Å². The molecule has 8 N–H and O–H groups in total. The molecule has 3 aromatic rings. The Bertz CT molecular complexity index is 1360. The van der Waals surface area contributed by atoms with Crippen molar-refractivity contribution in [3.63, 3.8) is 0 Å². The zero-order valence-electron chi connectivity index (χ0n) is 29.9. The first kappa shape index (κ1) is 43.3. The highest BCUT2D eigenvalue weighted by Crippen LogP contribution is 2.54. The van der Waals surface area contributed by atoms with Gasteiger partial charge in [0.15, 0.2) is 0 Å². The third kappa shape index (κ3) is 11.1. The van der Waals surface area contributed by atoms with Crippen molar-refractivity contribution in [2.45, 2.75) is 111 Å². The fraction of sp³-hybridized carbons (Fsp3) is 0.526. The van der Waals surface area contributed by atoms with E-state index in [2.05, 4.69) is 43.3 Å². The Balaban J connectivity index is 0.00000107. The van der Waals surface area contributed by atoms with Gasteiger partial charge in [0, 0.05) is 0 Å². The molecule has 3 rings (SSSR count). The number of aryl methyl sites for hydroxylation is 6. The van der Waals surface area contributed by atoms with Gasteiger partial charge in [0.25, 0.3) is 0 Å². The Morgan fingerprint density at radius 2 is 0.980 bits per heavy atom. The minimum Gasteiger partial charge on any atom is -0.395 e. The minimum absolute atomic E-state index is 0.607. The SMILES string of the molecule is CCCCc1cc(C)ccc1C(O)C(CO)(CO)C(O)(c1ccc(C)cc1CCCC)c1ccc(C)cc1CCCC.OP(O)OP(O)O. The maximum Gasteiger partial charge on any atom is 0.334 e. The van der Waals surface area contributed by atoms with Crippen molar-refractivity contribution in [1.82, 2.24) is 0 Å². The molecule has 0 aliphatic carbocycles. The second-order valence-corrected chi connectivity index (χ2v) is 14.7. The largest absolute Gasteiger partial charge is 0.395 e. The lowest BCUT2D eigenvalue weighted by atomic mass is 9.59. The maximum atomic E-state index is 13.5. The average molecular weight is 721 g/mol. The lowest BCUT2D eigenvalue weighted by Crippen LogP contribution is -2.56. The van der Waals surface area contributed by atoms with Crippen molar-refractivity contribution < 1.29 is 44.3 Å². The van der Waals surface area contributed by atoms with E-state index < -0.39 is 47.5 Å². The Morgan fingerprint density at radius 1 is 0.612 bits per heavy atom. The van der Waals surface area contributed by atoms with Gasteiger partial charge in [-0.1, -0.05) is 111 Å². The Morgan fingerprint density at radius 3 is 1.33 bits per heavy atom. The van der Waals surface area contributed by atoms with Crippen molar-refractivity contribution in [1.29, 1.82) is 0 Å². The summed E-state index contributed by atoms with van der Waals surface area (Å²) >= 11 is 0. The number of aliphatic hydroxyl groups excluding tert-OH is 3. The highest BCUT2D eigenvalue weighted by molar-refractivity contribution is 7.53. The van der Waals surface area contributed by atoms with Crippen LogP contribution >= 0.6 is 17.2 Å². The van der Waals surface area contributed by atoms with Crippen molar-refractivity contribution >= 4 is 17.2 Å². The second kappa shape index (κ2) is 20.9. The number of hydrogen-bond donors (Lipinski definition) is 8. The first-order chi connectivity index (χ1) is 23.3. The molecule has 1 unspecified atom stereocenters. The van der Waals surface area contributed by atoms with Gasteiger partial charge in [-0.2, -0.15) is 0 Å². The molecule has 3 aromatic carbocycles. The molecular formula is C38H58O9P2. The van der Waals surface area contributed by atoms with Crippen LogP contribution in [0.3, 0.4) is 0 Å². The highest BCUT2D eigenvalue weighted by atomic mass is 31.2. The summed E-state index contributed by atoms with van der Waals surface area (Å²) in [5.74, 6) is 0. The Labute approximate surface area is 295 Å². The van der Waals surface area contributed by atoms with E-state index in [9.17, 15) is 20.4 Å². The Kier molecular flexibility index (Phi) is 18.5. The molecule has 0 spiro atoms. The summed E-state index contributed by atoms with van der Waals surface area (Å²) in [6, 6.07) is 18.0. The van der Waals surface area contributed by atoms with E-state index in [0.29, 0.717) is 16.7 Å². The summed E-state index contributed by atoms with van der Waals surface area (Å²) in [4.78, 5) is 31.3. The van der Waals surface area contributed by atoms with Crippen molar-refractivity contribution in [3.8, 4) is 0 Å². The highest BCUT2D eigenvalue weighted by Gasteiger charge is 2.58. The summed E-state index contributed by atoms with van der Waals surface area (Å²) in [5.41, 5.74) is 4.55. The lowest BCUT2D eigenvalue weighted by molar-refractivity contribution is -0.173. The molecule has 0 saturated heterocycles. The van der Waals surface area contributed by atoms with Crippen LogP contribution in [0.5, 0.6) is 0 Å². The molecule has 0 saturated carbocycles. The van der Waals surface area contributed by atoms with E-state index in [-0.39, 0.29) is 0 Å². The summed E-state index contributed by atoms with van der Waals surface area (Å²) in [6.07, 6.45) is 6.78. The van der Waals surface area contributed by atoms with Crippen LogP contribution in [-0.2, 0) is 29.2 Å². The normalized spacial score (nSPS) is 12.7. The molecule has 274 valence electrons. The molecule has 49 heavy (non-hydrogen) atoms. The molecule has 0 aliphatic heterocycles. The summed E-state index contributed by atoms with van der Waals surface area (Å²) < 4.78 is 3.60. The van der Waals surface area contributed by atoms with Crippen LogP contribution in [0, 0.1) is 26.2 Å². The third-order valence-corrected chi connectivity index (χ3v) is 10.4. The zero-order valence-corrected chi connectivity index (χ0v) is 31.7. The van der Waals surface area contributed by atoms with E-state index in [4.69, 9.17) is 19.6 Å². The summed E-state index contributed by atoms with van der Waals surface area (Å²) in [6.45, 7) is 11.3. The molecule has 0 aromatic heterocycles. The first-order valence-electron chi connectivity index (χ1n) is 17.2. The molecule has 1 atom stereocenters. The molecule has 0 heterocycles. The number of rotatable bonds is 18. The summed E-state index contributed by atoms with van der Waals surface area (Å²) in [5, 5.41) is 48.6. The van der Waals surface area contributed by atoms with Crippen LogP contribution in [-0.4, -0.2) is 53.2 Å². The number of benzene rings is 3. The maximum absolute atomic E-state index is 13.5. The molecule has 0 radical (unpaired) electrons. The monoisotopic (exact) mass is 720 g/mol. The summed E-state index contributed by atoms with van der Waals surface area (Å²) in [7, 11) is -5.22. The van der Waals surface area contributed by atoms with Gasteiger partial charge in [0.2, 0.25) is 0 Å². The van der Waals surface area contributed by atoms with Gasteiger partial charge in [0.1, 0.15) is 5.60 Å². The predicted molar refractivity (Wildman–Crippen MR) is 198 cm³/mol. The molecular weight excluding hydrogens is 662 g/mol. The molecule has 0 aliphatic rings. The molecule has 0 fully saturated rings. The van der Waals surface area contributed by atoms with E-state index in [0.717, 1.165) is 91.2 Å². The van der Waals surface area contributed by atoms with Crippen LogP contribution in [0.4, 0.5) is 0 Å². The second-order valence-electron chi connectivity index (χ2n) is 13.0. The van der Waals surface area contributed by atoms with Crippen molar-refractivity contribution in [3.05, 3.63) is 105 Å². The van der Waals surface area contributed by atoms with Gasteiger partial charge in [-0.25, -0.2) is 4.31 Å². The molecule has 0 bridgehead atoms. The predicted octanol–water partition coefficient (Wildman–Crippen LogP) is 7.01. The van der Waals surface area contributed by atoms with E-state index in [1.165, 1.54) is 0 Å². The zero-order chi connectivity index (χ0) is 36.8. The molecule has 9 nitrogen and oxygen atoms in total. The average Bonchev–Trinajstić information content (AvgIpc) is 3.05. The van der Waals surface area contributed by atoms with E-state index in [1.54, 1.807) is 0 Å². The minimum atomic E-state index is -2.61. The quantitative estimate of drug-likeness (QED) is 0.0644. The lowest BCUT2D eigenvalue weighted by Gasteiger charge is -2.50. The van der Waals surface area contributed by atoms with Crippen LogP contribution in [0.2, 0.25) is 0 Å². The standard InChI is InChI=1S/C38H54O4.H4O5P2/c1-7-10-13-30-22-27(4)16-19-33(30)36(41)37(25-39,26-40)38(42,34-20-17-28(5)23-31(34)14-11-8-2)35-21-18-29(6)24-32(35)15-12-9-3;1-6(2)5-7(3)4/h16-24,36,39-42H,7-15,25-26H2,1-6H3;1-4H. The number of aliphatic hydroxyl groups is 4. The number of hydrogen-bond acceptors (Lipinski definition) is 9.